The Bertz CT molecular complexity index is 648. The van der Waals surface area contributed by atoms with E-state index in [-0.39, 0.29) is 19.2 Å². The number of benzene rings is 1. The van der Waals surface area contributed by atoms with Gasteiger partial charge in [-0.1, -0.05) is 25.1 Å². The lowest BCUT2D eigenvalue weighted by Gasteiger charge is -2.02. The summed E-state index contributed by atoms with van der Waals surface area (Å²) in [6.45, 7) is 2.09. The van der Waals surface area contributed by atoms with Gasteiger partial charge < -0.3 is 19.5 Å². The fourth-order valence-electron chi connectivity index (χ4n) is 1.96. The number of nitrogens with one attached hydrogen (secondary N) is 1. The van der Waals surface area contributed by atoms with E-state index in [1.165, 1.54) is 13.2 Å². The van der Waals surface area contributed by atoms with Crippen molar-refractivity contribution in [2.45, 2.75) is 13.3 Å². The number of fused-ring (bicyclic) bond motifs is 1. The SMILES string of the molecule is CCC(C=CC(=O)NCC(=O)OC)=Cc1ccc2c(c1)OCO2. The van der Waals surface area contributed by atoms with Crippen LogP contribution < -0.4 is 14.8 Å². The Morgan fingerprint density at radius 1 is 1.26 bits per heavy atom. The highest BCUT2D eigenvalue weighted by molar-refractivity contribution is 5.90. The molecule has 23 heavy (non-hydrogen) atoms. The second-order valence-corrected chi connectivity index (χ2v) is 4.81. The van der Waals surface area contributed by atoms with E-state index in [9.17, 15) is 9.59 Å². The van der Waals surface area contributed by atoms with Crippen LogP contribution in [0.5, 0.6) is 11.5 Å². The highest BCUT2D eigenvalue weighted by atomic mass is 16.7. The van der Waals surface area contributed by atoms with Crippen LogP contribution in [0.4, 0.5) is 0 Å². The van der Waals surface area contributed by atoms with E-state index in [2.05, 4.69) is 10.1 Å². The molecule has 0 radical (unpaired) electrons. The fraction of sp³-hybridized carbons (Fsp3) is 0.294. The van der Waals surface area contributed by atoms with Gasteiger partial charge in [0.05, 0.1) is 7.11 Å². The molecule has 1 aromatic carbocycles. The van der Waals surface area contributed by atoms with Gasteiger partial charge in [-0.25, -0.2) is 0 Å². The average molecular weight is 317 g/mol. The smallest absolute Gasteiger partial charge is 0.325 e. The van der Waals surface area contributed by atoms with E-state index < -0.39 is 5.97 Å². The van der Waals surface area contributed by atoms with Crippen molar-refractivity contribution < 1.29 is 23.8 Å². The fourth-order valence-corrected chi connectivity index (χ4v) is 1.96. The maximum Gasteiger partial charge on any atom is 0.325 e. The zero-order chi connectivity index (χ0) is 16.7. The minimum absolute atomic E-state index is 0.146. The van der Waals surface area contributed by atoms with Crippen LogP contribution in [0.15, 0.2) is 35.9 Å². The summed E-state index contributed by atoms with van der Waals surface area (Å²) in [5.74, 6) is 0.616. The van der Waals surface area contributed by atoms with Crippen molar-refractivity contribution in [1.82, 2.24) is 5.32 Å². The maximum absolute atomic E-state index is 11.6. The molecule has 6 heteroatoms. The van der Waals surface area contributed by atoms with E-state index in [1.807, 2.05) is 31.2 Å². The van der Waals surface area contributed by atoms with Crippen LogP contribution in [0.2, 0.25) is 0 Å². The predicted molar refractivity (Wildman–Crippen MR) is 85.0 cm³/mol. The highest BCUT2D eigenvalue weighted by Gasteiger charge is 2.12. The van der Waals surface area contributed by atoms with Gasteiger partial charge in [0.2, 0.25) is 12.7 Å². The van der Waals surface area contributed by atoms with E-state index in [1.54, 1.807) is 6.08 Å². The summed E-state index contributed by atoms with van der Waals surface area (Å²) >= 11 is 0. The number of allylic oxidation sites excluding steroid dienone is 2. The number of amides is 1. The standard InChI is InChI=1S/C17H19NO5/c1-3-12(5-7-16(19)18-10-17(20)21-2)8-13-4-6-14-15(9-13)23-11-22-14/h4-9H,3,10-11H2,1-2H3,(H,18,19). The van der Waals surface area contributed by atoms with Crippen molar-refractivity contribution in [3.8, 4) is 11.5 Å². The molecule has 1 amide bonds. The molecule has 0 aliphatic carbocycles. The highest BCUT2D eigenvalue weighted by Crippen LogP contribution is 2.33. The molecule has 0 saturated carbocycles. The zero-order valence-electron chi connectivity index (χ0n) is 13.1. The van der Waals surface area contributed by atoms with Crippen LogP contribution in [0.25, 0.3) is 6.08 Å². The Morgan fingerprint density at radius 3 is 2.78 bits per heavy atom. The minimum Gasteiger partial charge on any atom is -0.468 e. The Hall–Kier alpha value is -2.76. The Kier molecular flexibility index (Phi) is 5.80. The van der Waals surface area contributed by atoms with E-state index in [0.717, 1.165) is 23.3 Å². The van der Waals surface area contributed by atoms with Crippen LogP contribution in [0, 0.1) is 0 Å². The van der Waals surface area contributed by atoms with Crippen LogP contribution in [0.1, 0.15) is 18.9 Å². The number of methoxy groups -OCH3 is 1. The van der Waals surface area contributed by atoms with Crippen molar-refractivity contribution in [3.05, 3.63) is 41.5 Å². The number of hydrogen-bond acceptors (Lipinski definition) is 5. The Labute approximate surface area is 134 Å². The van der Waals surface area contributed by atoms with Gasteiger partial charge in [-0.15, -0.1) is 0 Å². The molecule has 1 aliphatic heterocycles. The van der Waals surface area contributed by atoms with Crippen molar-refractivity contribution in [3.63, 3.8) is 0 Å². The van der Waals surface area contributed by atoms with Gasteiger partial charge in [0.25, 0.3) is 0 Å². The second kappa shape index (κ2) is 8.03. The Balaban J connectivity index is 2.00. The molecule has 0 aromatic heterocycles. The molecule has 1 aliphatic rings. The molecule has 0 saturated heterocycles. The van der Waals surface area contributed by atoms with Crippen LogP contribution in [-0.4, -0.2) is 32.3 Å². The van der Waals surface area contributed by atoms with Crippen LogP contribution in [-0.2, 0) is 14.3 Å². The lowest BCUT2D eigenvalue weighted by molar-refractivity contribution is -0.140. The lowest BCUT2D eigenvalue weighted by atomic mass is 10.1. The number of hydrogen-bond donors (Lipinski definition) is 1. The molecule has 122 valence electrons. The molecule has 0 spiro atoms. The van der Waals surface area contributed by atoms with Gasteiger partial charge in [0.1, 0.15) is 6.54 Å². The molecule has 0 fully saturated rings. The van der Waals surface area contributed by atoms with Gasteiger partial charge >= 0.3 is 5.97 Å². The molecule has 0 atom stereocenters. The summed E-state index contributed by atoms with van der Waals surface area (Å²) < 4.78 is 15.1. The van der Waals surface area contributed by atoms with Crippen LogP contribution in [0.3, 0.4) is 0 Å². The summed E-state index contributed by atoms with van der Waals surface area (Å²) in [5.41, 5.74) is 1.93. The Morgan fingerprint density at radius 2 is 2.04 bits per heavy atom. The third kappa shape index (κ3) is 4.88. The van der Waals surface area contributed by atoms with E-state index in [4.69, 9.17) is 9.47 Å². The van der Waals surface area contributed by atoms with Crippen LogP contribution >= 0.6 is 0 Å². The second-order valence-electron chi connectivity index (χ2n) is 4.81. The molecule has 1 aromatic rings. The molecule has 0 bridgehead atoms. The first-order valence-electron chi connectivity index (χ1n) is 7.25. The topological polar surface area (TPSA) is 73.9 Å². The number of ether oxygens (including phenoxy) is 3. The third-order valence-corrected chi connectivity index (χ3v) is 3.24. The molecule has 6 nitrogen and oxygen atoms in total. The molecular weight excluding hydrogens is 298 g/mol. The summed E-state index contributed by atoms with van der Waals surface area (Å²) in [4.78, 5) is 22.6. The largest absolute Gasteiger partial charge is 0.468 e. The minimum atomic E-state index is -0.488. The van der Waals surface area contributed by atoms with Crippen molar-refractivity contribution >= 4 is 18.0 Å². The van der Waals surface area contributed by atoms with Gasteiger partial charge in [-0.05, 0) is 29.7 Å². The van der Waals surface area contributed by atoms with Crippen molar-refractivity contribution in [1.29, 1.82) is 0 Å². The number of carbonyl (C=O) groups excluding carboxylic acids is 2. The third-order valence-electron chi connectivity index (χ3n) is 3.24. The first-order chi connectivity index (χ1) is 11.1. The van der Waals surface area contributed by atoms with Crippen molar-refractivity contribution in [2.24, 2.45) is 0 Å². The average Bonchev–Trinajstić information content (AvgIpc) is 3.03. The predicted octanol–water partition coefficient (Wildman–Crippen LogP) is 2.05. The summed E-state index contributed by atoms with van der Waals surface area (Å²) in [6.07, 6.45) is 5.84. The summed E-state index contributed by atoms with van der Waals surface area (Å²) in [5, 5.41) is 2.45. The molecule has 1 heterocycles. The van der Waals surface area contributed by atoms with Gasteiger partial charge in [0, 0.05) is 6.08 Å². The first-order valence-corrected chi connectivity index (χ1v) is 7.25. The lowest BCUT2D eigenvalue weighted by Crippen LogP contribution is -2.28. The number of esters is 1. The van der Waals surface area contributed by atoms with Gasteiger partial charge in [-0.3, -0.25) is 9.59 Å². The number of carbonyl (C=O) groups is 2. The molecular formula is C17H19NO5. The van der Waals surface area contributed by atoms with Gasteiger partial charge in [-0.2, -0.15) is 0 Å². The monoisotopic (exact) mass is 317 g/mol. The normalized spacial score (nSPS) is 13.2. The number of rotatable bonds is 6. The molecule has 2 rings (SSSR count). The summed E-state index contributed by atoms with van der Waals surface area (Å²) in [7, 11) is 1.27. The van der Waals surface area contributed by atoms with Crippen molar-refractivity contribution in [2.75, 3.05) is 20.4 Å². The van der Waals surface area contributed by atoms with Gasteiger partial charge in [0.15, 0.2) is 11.5 Å². The zero-order valence-corrected chi connectivity index (χ0v) is 13.1. The quantitative estimate of drug-likeness (QED) is 0.494. The maximum atomic E-state index is 11.6. The summed E-state index contributed by atoms with van der Waals surface area (Å²) in [6, 6.07) is 5.67. The molecule has 1 N–H and O–H groups in total. The van der Waals surface area contributed by atoms with E-state index in [0.29, 0.717) is 5.75 Å². The molecule has 0 unspecified atom stereocenters. The first kappa shape index (κ1) is 16.6. The van der Waals surface area contributed by atoms with E-state index >= 15 is 0 Å².